The number of aromatic nitrogens is 1. The lowest BCUT2D eigenvalue weighted by Crippen LogP contribution is -2.07. The van der Waals surface area contributed by atoms with Crippen molar-refractivity contribution in [1.82, 2.24) is 10.3 Å². The Labute approximate surface area is 114 Å². The normalized spacial score (nSPS) is 10.5. The Kier molecular flexibility index (Phi) is 4.53. The molecule has 1 N–H and O–H groups in total. The van der Waals surface area contributed by atoms with Crippen LogP contribution in [0, 0.1) is 6.92 Å². The summed E-state index contributed by atoms with van der Waals surface area (Å²) in [4.78, 5) is 4.66. The van der Waals surface area contributed by atoms with Gasteiger partial charge in [0, 0.05) is 17.8 Å². The summed E-state index contributed by atoms with van der Waals surface area (Å²) in [5, 5.41) is 3.15. The molecule has 1 aromatic carbocycles. The molecule has 0 fully saturated rings. The summed E-state index contributed by atoms with van der Waals surface area (Å²) < 4.78 is 5.44. The highest BCUT2D eigenvalue weighted by molar-refractivity contribution is 5.60. The van der Waals surface area contributed by atoms with Crippen molar-refractivity contribution in [3.8, 4) is 17.0 Å². The Morgan fingerprint density at radius 3 is 2.42 bits per heavy atom. The van der Waals surface area contributed by atoms with Crippen LogP contribution in [-0.2, 0) is 6.54 Å². The van der Waals surface area contributed by atoms with Crippen LogP contribution in [0.3, 0.4) is 0 Å². The highest BCUT2D eigenvalue weighted by Gasteiger charge is 2.04. The van der Waals surface area contributed by atoms with E-state index in [-0.39, 0.29) is 0 Å². The number of pyridine rings is 1. The van der Waals surface area contributed by atoms with E-state index >= 15 is 0 Å². The van der Waals surface area contributed by atoms with Gasteiger partial charge in [-0.2, -0.15) is 0 Å². The molecule has 0 radical (unpaired) electrons. The van der Waals surface area contributed by atoms with Crippen molar-refractivity contribution in [3.05, 3.63) is 47.7 Å². The molecule has 0 aliphatic carbocycles. The Bertz CT molecular complexity index is 535. The van der Waals surface area contributed by atoms with Gasteiger partial charge in [-0.15, -0.1) is 0 Å². The predicted molar refractivity (Wildman–Crippen MR) is 78.3 cm³/mol. The van der Waals surface area contributed by atoms with Gasteiger partial charge < -0.3 is 10.1 Å². The third-order valence-corrected chi connectivity index (χ3v) is 3.02. The van der Waals surface area contributed by atoms with Crippen LogP contribution in [0.4, 0.5) is 0 Å². The molecule has 19 heavy (non-hydrogen) atoms. The lowest BCUT2D eigenvalue weighted by atomic mass is 10.1. The minimum Gasteiger partial charge on any atom is -0.494 e. The minimum absolute atomic E-state index is 0.690. The average Bonchev–Trinajstić information content (AvgIpc) is 2.43. The van der Waals surface area contributed by atoms with Gasteiger partial charge in [0.1, 0.15) is 5.75 Å². The number of nitrogens with zero attached hydrogens (tertiary/aromatic N) is 1. The largest absolute Gasteiger partial charge is 0.494 e. The maximum Gasteiger partial charge on any atom is 0.119 e. The fraction of sp³-hybridized carbons (Fsp3) is 0.312. The zero-order valence-corrected chi connectivity index (χ0v) is 11.7. The zero-order chi connectivity index (χ0) is 13.7. The molecule has 2 aromatic rings. The number of hydrogen-bond acceptors (Lipinski definition) is 3. The molecule has 0 aliphatic heterocycles. The molecule has 0 spiro atoms. The second kappa shape index (κ2) is 6.34. The standard InChI is InChI=1S/C16H20N2O/c1-4-19-15-8-5-13(6-9-15)16-10-7-14(11-17-3)12(2)18-16/h5-10,17H,4,11H2,1-3H3. The lowest BCUT2D eigenvalue weighted by molar-refractivity contribution is 0.340. The average molecular weight is 256 g/mol. The zero-order valence-electron chi connectivity index (χ0n) is 11.7. The Balaban J connectivity index is 2.24. The van der Waals surface area contributed by atoms with Crippen LogP contribution >= 0.6 is 0 Å². The summed E-state index contributed by atoms with van der Waals surface area (Å²) in [5.41, 5.74) is 4.42. The van der Waals surface area contributed by atoms with E-state index in [1.807, 2.05) is 45.2 Å². The second-order valence-electron chi connectivity index (χ2n) is 4.43. The predicted octanol–water partition coefficient (Wildman–Crippen LogP) is 3.18. The monoisotopic (exact) mass is 256 g/mol. The second-order valence-corrected chi connectivity index (χ2v) is 4.43. The van der Waals surface area contributed by atoms with Crippen LogP contribution in [0.2, 0.25) is 0 Å². The molecule has 3 nitrogen and oxygen atoms in total. The number of hydrogen-bond donors (Lipinski definition) is 1. The molecule has 1 heterocycles. The number of nitrogens with one attached hydrogen (secondary N) is 1. The van der Waals surface area contributed by atoms with Crippen molar-refractivity contribution in [2.45, 2.75) is 20.4 Å². The third-order valence-electron chi connectivity index (χ3n) is 3.02. The summed E-state index contributed by atoms with van der Waals surface area (Å²) in [6, 6.07) is 12.3. The van der Waals surface area contributed by atoms with Crippen molar-refractivity contribution in [3.63, 3.8) is 0 Å². The minimum atomic E-state index is 0.690. The van der Waals surface area contributed by atoms with Gasteiger partial charge in [-0.05, 0) is 56.8 Å². The molecule has 2 rings (SSSR count). The Morgan fingerprint density at radius 2 is 1.84 bits per heavy atom. The van der Waals surface area contributed by atoms with Gasteiger partial charge in [0.25, 0.3) is 0 Å². The van der Waals surface area contributed by atoms with Crippen LogP contribution in [0.25, 0.3) is 11.3 Å². The van der Waals surface area contributed by atoms with E-state index in [4.69, 9.17) is 4.74 Å². The number of ether oxygens (including phenoxy) is 1. The van der Waals surface area contributed by atoms with E-state index in [0.717, 1.165) is 29.2 Å². The van der Waals surface area contributed by atoms with Crippen LogP contribution < -0.4 is 10.1 Å². The number of benzene rings is 1. The van der Waals surface area contributed by atoms with Crippen LogP contribution in [-0.4, -0.2) is 18.6 Å². The SMILES string of the molecule is CCOc1ccc(-c2ccc(CNC)c(C)n2)cc1. The number of aryl methyl sites for hydroxylation is 1. The van der Waals surface area contributed by atoms with Crippen LogP contribution in [0.5, 0.6) is 5.75 Å². The maximum atomic E-state index is 5.44. The first-order valence-corrected chi connectivity index (χ1v) is 6.59. The van der Waals surface area contributed by atoms with E-state index in [1.54, 1.807) is 0 Å². The summed E-state index contributed by atoms with van der Waals surface area (Å²) in [7, 11) is 1.94. The first-order valence-electron chi connectivity index (χ1n) is 6.59. The van der Waals surface area contributed by atoms with Gasteiger partial charge >= 0.3 is 0 Å². The van der Waals surface area contributed by atoms with Gasteiger partial charge in [0.05, 0.1) is 12.3 Å². The fourth-order valence-electron chi connectivity index (χ4n) is 2.02. The van der Waals surface area contributed by atoms with Gasteiger partial charge in [-0.25, -0.2) is 0 Å². The van der Waals surface area contributed by atoms with Gasteiger partial charge in [0.2, 0.25) is 0 Å². The van der Waals surface area contributed by atoms with E-state index in [1.165, 1.54) is 5.56 Å². The van der Waals surface area contributed by atoms with Gasteiger partial charge in [0.15, 0.2) is 0 Å². The van der Waals surface area contributed by atoms with Crippen molar-refractivity contribution >= 4 is 0 Å². The summed E-state index contributed by atoms with van der Waals surface area (Å²) in [6.45, 7) is 5.57. The van der Waals surface area contributed by atoms with Crippen LogP contribution in [0.1, 0.15) is 18.2 Å². The van der Waals surface area contributed by atoms with Gasteiger partial charge in [-0.3, -0.25) is 4.98 Å². The molecule has 3 heteroatoms. The first-order chi connectivity index (χ1) is 9.24. The molecule has 1 aromatic heterocycles. The topological polar surface area (TPSA) is 34.1 Å². The quantitative estimate of drug-likeness (QED) is 0.892. The summed E-state index contributed by atoms with van der Waals surface area (Å²) in [6.07, 6.45) is 0. The van der Waals surface area contributed by atoms with E-state index < -0.39 is 0 Å². The molecular formula is C16H20N2O. The maximum absolute atomic E-state index is 5.44. The Morgan fingerprint density at radius 1 is 1.11 bits per heavy atom. The van der Waals surface area contributed by atoms with Crippen molar-refractivity contribution in [2.24, 2.45) is 0 Å². The van der Waals surface area contributed by atoms with Crippen molar-refractivity contribution < 1.29 is 4.74 Å². The molecule has 0 saturated heterocycles. The van der Waals surface area contributed by atoms with Crippen molar-refractivity contribution in [1.29, 1.82) is 0 Å². The summed E-state index contributed by atoms with van der Waals surface area (Å²) >= 11 is 0. The molecule has 0 amide bonds. The lowest BCUT2D eigenvalue weighted by Gasteiger charge is -2.08. The van der Waals surface area contributed by atoms with Gasteiger partial charge in [-0.1, -0.05) is 6.07 Å². The smallest absolute Gasteiger partial charge is 0.119 e. The third kappa shape index (κ3) is 3.32. The molecular weight excluding hydrogens is 236 g/mol. The highest BCUT2D eigenvalue weighted by atomic mass is 16.5. The molecule has 0 atom stereocenters. The molecule has 0 bridgehead atoms. The van der Waals surface area contributed by atoms with E-state index in [9.17, 15) is 0 Å². The van der Waals surface area contributed by atoms with Crippen molar-refractivity contribution in [2.75, 3.05) is 13.7 Å². The van der Waals surface area contributed by atoms with Crippen LogP contribution in [0.15, 0.2) is 36.4 Å². The fourth-order valence-corrected chi connectivity index (χ4v) is 2.02. The first kappa shape index (κ1) is 13.6. The number of rotatable bonds is 5. The molecule has 100 valence electrons. The van der Waals surface area contributed by atoms with E-state index in [0.29, 0.717) is 6.61 Å². The highest BCUT2D eigenvalue weighted by Crippen LogP contribution is 2.22. The summed E-state index contributed by atoms with van der Waals surface area (Å²) in [5.74, 6) is 0.898. The Hall–Kier alpha value is -1.87. The molecule has 0 unspecified atom stereocenters. The molecule has 0 saturated carbocycles. The van der Waals surface area contributed by atoms with E-state index in [2.05, 4.69) is 22.4 Å². The molecule has 0 aliphatic rings.